The Morgan fingerprint density at radius 3 is 2.80 bits per heavy atom. The number of carbonyl (C=O) groups excluding carboxylic acids is 2. The molecule has 0 bridgehead atoms. The van der Waals surface area contributed by atoms with E-state index in [-0.39, 0.29) is 17.9 Å². The molecular weight excluding hydrogens is 328 g/mol. The molecule has 1 aromatic heterocycles. The zero-order valence-electron chi connectivity index (χ0n) is 13.4. The zero-order chi connectivity index (χ0) is 17.5. The largest absolute Gasteiger partial charge is 0.490 e. The van der Waals surface area contributed by atoms with Crippen LogP contribution in [0.5, 0.6) is 11.5 Å². The van der Waals surface area contributed by atoms with Crippen LogP contribution in [0.3, 0.4) is 0 Å². The second-order valence-corrected chi connectivity index (χ2v) is 6.75. The highest BCUT2D eigenvalue weighted by Gasteiger charge is 2.71. The van der Waals surface area contributed by atoms with Crippen molar-refractivity contribution in [3.8, 4) is 11.5 Å². The quantitative estimate of drug-likeness (QED) is 0.745. The molecule has 3 heterocycles. The molecule has 1 saturated heterocycles. The van der Waals surface area contributed by atoms with Gasteiger partial charge < -0.3 is 19.2 Å². The lowest BCUT2D eigenvalue weighted by atomic mass is 9.53. The lowest BCUT2D eigenvalue weighted by Gasteiger charge is -2.56. The normalized spacial score (nSPS) is 31.8. The van der Waals surface area contributed by atoms with E-state index < -0.39 is 23.1 Å². The van der Waals surface area contributed by atoms with Gasteiger partial charge in [-0.25, -0.2) is 9.59 Å². The highest BCUT2D eigenvalue weighted by molar-refractivity contribution is 6.03. The predicted molar refractivity (Wildman–Crippen MR) is 84.8 cm³/mol. The fourth-order valence-corrected chi connectivity index (χ4v) is 4.38. The molecule has 3 amide bonds. The molecule has 3 aliphatic rings. The van der Waals surface area contributed by atoms with Gasteiger partial charge in [0.15, 0.2) is 11.3 Å². The second-order valence-electron chi connectivity index (χ2n) is 6.75. The van der Waals surface area contributed by atoms with Crippen molar-refractivity contribution >= 4 is 22.9 Å². The van der Waals surface area contributed by atoms with E-state index in [9.17, 15) is 14.4 Å². The van der Waals surface area contributed by atoms with E-state index in [1.165, 1.54) is 13.2 Å². The Bertz CT molecular complexity index is 1030. The van der Waals surface area contributed by atoms with Crippen LogP contribution in [-0.4, -0.2) is 31.2 Å². The summed E-state index contributed by atoms with van der Waals surface area (Å²) in [6.07, 6.45) is -0.368. The number of rotatable bonds is 1. The van der Waals surface area contributed by atoms with E-state index in [2.05, 4.69) is 10.6 Å². The zero-order valence-corrected chi connectivity index (χ0v) is 13.4. The van der Waals surface area contributed by atoms with Crippen molar-refractivity contribution in [3.05, 3.63) is 34.2 Å². The maximum Gasteiger partial charge on any atom is 0.336 e. The van der Waals surface area contributed by atoms with Crippen LogP contribution in [0.15, 0.2) is 27.4 Å². The lowest BCUT2D eigenvalue weighted by molar-refractivity contribution is -0.149. The molecule has 0 radical (unpaired) electrons. The Morgan fingerprint density at radius 2 is 2.04 bits per heavy atom. The van der Waals surface area contributed by atoms with Gasteiger partial charge in [0, 0.05) is 22.9 Å². The van der Waals surface area contributed by atoms with Gasteiger partial charge in [-0.2, -0.15) is 0 Å². The van der Waals surface area contributed by atoms with Crippen molar-refractivity contribution in [2.45, 2.75) is 25.0 Å². The summed E-state index contributed by atoms with van der Waals surface area (Å²) in [4.78, 5) is 35.7. The summed E-state index contributed by atoms with van der Waals surface area (Å²) < 4.78 is 16.7. The number of methoxy groups -OCH3 is 1. The van der Waals surface area contributed by atoms with Crippen LogP contribution in [-0.2, 0) is 4.79 Å². The average Bonchev–Trinajstić information content (AvgIpc) is 2.92. The topological polar surface area (TPSA) is 107 Å². The Hall–Kier alpha value is -3.03. The standard InChI is InChI=1S/C17H14N2O6/c1-17-9-7-5-6-3-4-8(20)24-10(6)13(23-2)11(7)25-12(9)14(17)18-16(22)19-15(17)21/h3-5,9,12,14H,1-2H3,(H2,18,19,21,22). The Kier molecular flexibility index (Phi) is 2.48. The van der Waals surface area contributed by atoms with E-state index in [0.29, 0.717) is 22.5 Å². The van der Waals surface area contributed by atoms with Crippen LogP contribution in [0.1, 0.15) is 18.4 Å². The van der Waals surface area contributed by atoms with E-state index >= 15 is 0 Å². The number of nitrogens with one attached hydrogen (secondary N) is 2. The van der Waals surface area contributed by atoms with E-state index in [1.54, 1.807) is 6.07 Å². The Labute approximate surface area is 141 Å². The molecule has 1 saturated carbocycles. The first-order chi connectivity index (χ1) is 11.9. The minimum Gasteiger partial charge on any atom is -0.490 e. The fraction of sp³-hybridized carbons (Fsp3) is 0.353. The summed E-state index contributed by atoms with van der Waals surface area (Å²) in [5, 5.41) is 5.79. The SMILES string of the molecule is COc1c2c(cc3ccc(=O)oc13)C1C(O2)C2NC(=O)NC(=O)C21C. The van der Waals surface area contributed by atoms with Crippen molar-refractivity contribution in [1.82, 2.24) is 10.6 Å². The van der Waals surface area contributed by atoms with Crippen LogP contribution >= 0.6 is 0 Å². The molecule has 8 nitrogen and oxygen atoms in total. The van der Waals surface area contributed by atoms with Gasteiger partial charge in [0.2, 0.25) is 11.7 Å². The van der Waals surface area contributed by atoms with E-state index in [1.807, 2.05) is 13.0 Å². The highest BCUT2D eigenvalue weighted by atomic mass is 16.5. The maximum absolute atomic E-state index is 12.5. The number of hydrogen-bond donors (Lipinski definition) is 2. The lowest BCUT2D eigenvalue weighted by Crippen LogP contribution is -2.77. The molecule has 4 unspecified atom stereocenters. The molecule has 5 rings (SSSR count). The number of amides is 3. The van der Waals surface area contributed by atoms with Crippen molar-refractivity contribution in [3.63, 3.8) is 0 Å². The van der Waals surface area contributed by atoms with Gasteiger partial charge >= 0.3 is 11.7 Å². The fourth-order valence-electron chi connectivity index (χ4n) is 4.38. The van der Waals surface area contributed by atoms with Crippen LogP contribution in [0, 0.1) is 5.41 Å². The van der Waals surface area contributed by atoms with E-state index in [4.69, 9.17) is 13.9 Å². The molecular formula is C17H14N2O6. The molecule has 0 spiro atoms. The van der Waals surface area contributed by atoms with E-state index in [0.717, 1.165) is 5.56 Å². The number of hydrogen-bond acceptors (Lipinski definition) is 6. The first kappa shape index (κ1) is 14.3. The number of urea groups is 1. The summed E-state index contributed by atoms with van der Waals surface area (Å²) >= 11 is 0. The van der Waals surface area contributed by atoms with Gasteiger partial charge in [-0.15, -0.1) is 0 Å². The molecule has 4 atom stereocenters. The van der Waals surface area contributed by atoms with Crippen molar-refractivity contribution in [1.29, 1.82) is 0 Å². The molecule has 128 valence electrons. The molecule has 2 aromatic rings. The molecule has 1 aromatic carbocycles. The van der Waals surface area contributed by atoms with Crippen LogP contribution in [0.2, 0.25) is 0 Å². The molecule has 2 aliphatic heterocycles. The molecule has 8 heteroatoms. The van der Waals surface area contributed by atoms with Gasteiger partial charge in [-0.3, -0.25) is 10.1 Å². The van der Waals surface area contributed by atoms with Crippen molar-refractivity contribution in [2.75, 3.05) is 7.11 Å². The highest BCUT2D eigenvalue weighted by Crippen LogP contribution is 2.63. The summed E-state index contributed by atoms with van der Waals surface area (Å²) in [5.74, 6) is 0.236. The van der Waals surface area contributed by atoms with Crippen molar-refractivity contribution in [2.24, 2.45) is 5.41 Å². The second kappa shape index (κ2) is 4.33. The average molecular weight is 342 g/mol. The van der Waals surface area contributed by atoms with Gasteiger partial charge in [-0.1, -0.05) is 0 Å². The Morgan fingerprint density at radius 1 is 1.24 bits per heavy atom. The minimum atomic E-state index is -0.807. The summed E-state index contributed by atoms with van der Waals surface area (Å²) in [7, 11) is 1.47. The third-order valence-electron chi connectivity index (χ3n) is 5.59. The van der Waals surface area contributed by atoms with Gasteiger partial charge in [0.1, 0.15) is 6.10 Å². The van der Waals surface area contributed by atoms with Crippen LogP contribution in [0.4, 0.5) is 4.79 Å². The molecule has 2 N–H and O–H groups in total. The van der Waals surface area contributed by atoms with Gasteiger partial charge in [0.05, 0.1) is 18.6 Å². The number of ether oxygens (including phenoxy) is 2. The number of benzene rings is 1. The summed E-state index contributed by atoms with van der Waals surface area (Å²) in [6.45, 7) is 1.81. The first-order valence-corrected chi connectivity index (χ1v) is 7.88. The first-order valence-electron chi connectivity index (χ1n) is 7.88. The molecule has 1 aliphatic carbocycles. The van der Waals surface area contributed by atoms with Crippen LogP contribution < -0.4 is 25.7 Å². The monoisotopic (exact) mass is 342 g/mol. The minimum absolute atomic E-state index is 0.224. The van der Waals surface area contributed by atoms with Gasteiger partial charge in [0.25, 0.3) is 0 Å². The smallest absolute Gasteiger partial charge is 0.336 e. The molecule has 25 heavy (non-hydrogen) atoms. The summed E-state index contributed by atoms with van der Waals surface area (Å²) in [6, 6.07) is 3.89. The summed E-state index contributed by atoms with van der Waals surface area (Å²) in [5.41, 5.74) is -0.179. The number of imide groups is 1. The Balaban J connectivity index is 1.73. The number of carbonyl (C=O) groups is 2. The van der Waals surface area contributed by atoms with Gasteiger partial charge in [-0.05, 0) is 19.1 Å². The molecule has 2 fully saturated rings. The third-order valence-corrected chi connectivity index (χ3v) is 5.59. The predicted octanol–water partition coefficient (Wildman–Crippen LogP) is 0.874. The van der Waals surface area contributed by atoms with Crippen LogP contribution in [0.25, 0.3) is 11.0 Å². The number of fused-ring (bicyclic) bond motifs is 7. The third kappa shape index (κ3) is 1.54. The maximum atomic E-state index is 12.5. The van der Waals surface area contributed by atoms with Crippen molar-refractivity contribution < 1.29 is 23.5 Å².